The van der Waals surface area contributed by atoms with E-state index in [1.54, 1.807) is 6.07 Å². The fraction of sp³-hybridized carbons (Fsp3) is 0.556. The second-order valence-electron chi connectivity index (χ2n) is 6.86. The number of ether oxygens (including phenoxy) is 2. The fourth-order valence-electron chi connectivity index (χ4n) is 4.73. The Morgan fingerprint density at radius 2 is 1.96 bits per heavy atom. The van der Waals surface area contributed by atoms with Crippen LogP contribution < -0.4 is 0 Å². The van der Waals surface area contributed by atoms with Crippen molar-refractivity contribution in [3.05, 3.63) is 22.4 Å². The molecule has 4 rings (SSSR count). The normalized spacial score (nSPS) is 38.4. The first-order valence-corrected chi connectivity index (χ1v) is 9.21. The van der Waals surface area contributed by atoms with E-state index >= 15 is 0 Å². The lowest BCUT2D eigenvalue weighted by Gasteiger charge is -2.49. The quantitative estimate of drug-likeness (QED) is 0.828. The summed E-state index contributed by atoms with van der Waals surface area (Å²) in [7, 11) is 0. The maximum atomic E-state index is 10.2. The Bertz CT molecular complexity index is 832. The van der Waals surface area contributed by atoms with Crippen molar-refractivity contribution >= 4 is 17.2 Å². The highest BCUT2D eigenvalue weighted by atomic mass is 32.1. The lowest BCUT2D eigenvalue weighted by Crippen LogP contribution is -2.59. The van der Waals surface area contributed by atoms with E-state index in [1.807, 2.05) is 11.4 Å². The molecule has 25 heavy (non-hydrogen) atoms. The first-order chi connectivity index (χ1) is 12.1. The van der Waals surface area contributed by atoms with E-state index in [-0.39, 0.29) is 5.90 Å². The van der Waals surface area contributed by atoms with Crippen molar-refractivity contribution in [2.75, 3.05) is 0 Å². The monoisotopic (exact) mass is 352 g/mol. The third-order valence-corrected chi connectivity index (χ3v) is 6.78. The van der Waals surface area contributed by atoms with Crippen LogP contribution in [0, 0.1) is 56.2 Å². The molecule has 0 amide bonds. The smallest absolute Gasteiger partial charge is 0.217 e. The molecule has 2 saturated heterocycles. The molecule has 1 saturated carbocycles. The summed E-state index contributed by atoms with van der Waals surface area (Å²) in [5, 5.41) is 40.5. The van der Waals surface area contributed by atoms with Gasteiger partial charge in [-0.25, -0.2) is 0 Å². The van der Waals surface area contributed by atoms with Crippen molar-refractivity contribution in [1.29, 1.82) is 21.2 Å². The zero-order valence-corrected chi connectivity index (χ0v) is 14.3. The van der Waals surface area contributed by atoms with Gasteiger partial charge in [-0.15, -0.1) is 11.3 Å². The van der Waals surface area contributed by atoms with E-state index in [4.69, 9.17) is 14.9 Å². The summed E-state index contributed by atoms with van der Waals surface area (Å²) in [4.78, 5) is 0.711. The predicted octanol–water partition coefficient (Wildman–Crippen LogP) is 3.65. The van der Waals surface area contributed by atoms with Crippen molar-refractivity contribution < 1.29 is 9.47 Å². The van der Waals surface area contributed by atoms with Gasteiger partial charge in [0.1, 0.15) is 6.10 Å². The molecule has 6 nitrogen and oxygen atoms in total. The predicted molar refractivity (Wildman–Crippen MR) is 88.0 cm³/mol. The van der Waals surface area contributed by atoms with Crippen molar-refractivity contribution in [1.82, 2.24) is 0 Å². The van der Waals surface area contributed by atoms with Gasteiger partial charge in [0.05, 0.1) is 24.1 Å². The molecular weight excluding hydrogens is 336 g/mol. The van der Waals surface area contributed by atoms with Crippen LogP contribution in [0.2, 0.25) is 0 Å². The second kappa shape index (κ2) is 5.30. The molecule has 3 heterocycles. The molecule has 126 valence electrons. The number of rotatable bonds is 1. The molecule has 0 radical (unpaired) electrons. The van der Waals surface area contributed by atoms with Crippen molar-refractivity contribution in [2.45, 2.75) is 44.0 Å². The third-order valence-electron chi connectivity index (χ3n) is 5.87. The molecule has 1 aliphatic carbocycles. The van der Waals surface area contributed by atoms with Crippen LogP contribution in [-0.4, -0.2) is 11.7 Å². The van der Waals surface area contributed by atoms with Gasteiger partial charge in [0.25, 0.3) is 0 Å². The Labute approximate surface area is 149 Å². The summed E-state index contributed by atoms with van der Waals surface area (Å²) in [6.07, 6.45) is 2.99. The summed E-state index contributed by atoms with van der Waals surface area (Å²) in [5.74, 6) is -1.85. The Morgan fingerprint density at radius 3 is 2.60 bits per heavy atom. The largest absolute Gasteiger partial charge is 0.447 e. The zero-order chi connectivity index (χ0) is 17.7. The molecule has 2 bridgehead atoms. The Morgan fingerprint density at radius 1 is 1.16 bits per heavy atom. The summed E-state index contributed by atoms with van der Waals surface area (Å²) in [6.45, 7) is 0. The lowest BCUT2D eigenvalue weighted by molar-refractivity contribution is -0.284. The van der Waals surface area contributed by atoms with Crippen LogP contribution >= 0.6 is 11.3 Å². The minimum Gasteiger partial charge on any atom is -0.447 e. The average Bonchev–Trinajstić information content (AvgIpc) is 3.14. The van der Waals surface area contributed by atoms with Gasteiger partial charge in [0, 0.05) is 11.3 Å². The molecule has 1 aromatic rings. The summed E-state index contributed by atoms with van der Waals surface area (Å²) in [5.41, 5.74) is -3.41. The van der Waals surface area contributed by atoms with Gasteiger partial charge in [0.15, 0.2) is 5.41 Å². The molecule has 3 fully saturated rings. The Kier molecular flexibility index (Phi) is 3.41. The first-order valence-electron chi connectivity index (χ1n) is 8.33. The molecule has 2 aliphatic heterocycles. The van der Waals surface area contributed by atoms with Gasteiger partial charge in [-0.3, -0.25) is 5.41 Å². The van der Waals surface area contributed by atoms with Gasteiger partial charge in [-0.1, -0.05) is 18.9 Å². The standard InChI is InChI=1S/C18H16N4O2S/c19-9-16(10-20)14(12-5-4-8-25-12)23-18-7-3-1-2-6-13(18)17(16,11-21)15(22)24-18/h4-5,8,13-14,22H,1-3,6-7H2. The van der Waals surface area contributed by atoms with Crippen LogP contribution in [0.4, 0.5) is 0 Å². The number of nitriles is 3. The topological polar surface area (TPSA) is 114 Å². The average molecular weight is 352 g/mol. The SMILES string of the molecule is N#CC1(C#N)C(c2cccs2)OC23CCCCCC2C1(C#N)C(=N)O3. The Hall–Kier alpha value is -2.40. The molecule has 7 heteroatoms. The van der Waals surface area contributed by atoms with Crippen molar-refractivity contribution in [2.24, 2.45) is 16.7 Å². The van der Waals surface area contributed by atoms with Crippen LogP contribution in [0.25, 0.3) is 0 Å². The number of hydrogen-bond acceptors (Lipinski definition) is 7. The molecule has 3 aliphatic rings. The first kappa shape index (κ1) is 16.1. The molecule has 1 aromatic heterocycles. The summed E-state index contributed by atoms with van der Waals surface area (Å²) >= 11 is 1.38. The maximum absolute atomic E-state index is 10.2. The molecular formula is C18H16N4O2S. The lowest BCUT2D eigenvalue weighted by atomic mass is 9.53. The number of hydrogen-bond donors (Lipinski definition) is 1. The number of thiophene rings is 1. The third kappa shape index (κ3) is 1.71. The second-order valence-corrected chi connectivity index (χ2v) is 7.84. The highest BCUT2D eigenvalue weighted by Crippen LogP contribution is 2.69. The van der Waals surface area contributed by atoms with Crippen LogP contribution in [0.5, 0.6) is 0 Å². The molecule has 0 spiro atoms. The van der Waals surface area contributed by atoms with Gasteiger partial charge >= 0.3 is 0 Å². The van der Waals surface area contributed by atoms with E-state index in [1.165, 1.54) is 11.3 Å². The van der Waals surface area contributed by atoms with E-state index in [9.17, 15) is 15.8 Å². The number of nitrogens with one attached hydrogen (secondary N) is 1. The highest BCUT2D eigenvalue weighted by Gasteiger charge is 2.80. The van der Waals surface area contributed by atoms with Crippen LogP contribution in [0.1, 0.15) is 43.1 Å². The van der Waals surface area contributed by atoms with Gasteiger partial charge in [0.2, 0.25) is 17.1 Å². The van der Waals surface area contributed by atoms with Crippen LogP contribution in [0.3, 0.4) is 0 Å². The highest BCUT2D eigenvalue weighted by molar-refractivity contribution is 7.10. The zero-order valence-electron chi connectivity index (χ0n) is 13.5. The van der Waals surface area contributed by atoms with E-state index in [0.29, 0.717) is 17.7 Å². The maximum Gasteiger partial charge on any atom is 0.217 e. The van der Waals surface area contributed by atoms with Crippen molar-refractivity contribution in [3.8, 4) is 18.2 Å². The van der Waals surface area contributed by atoms with Crippen LogP contribution in [-0.2, 0) is 9.47 Å². The fourth-order valence-corrected chi connectivity index (χ4v) is 5.55. The van der Waals surface area contributed by atoms with E-state index in [0.717, 1.165) is 19.3 Å². The number of nitrogens with zero attached hydrogens (tertiary/aromatic N) is 3. The van der Waals surface area contributed by atoms with Crippen molar-refractivity contribution in [3.63, 3.8) is 0 Å². The minimum absolute atomic E-state index is 0.288. The molecule has 0 aromatic carbocycles. The van der Waals surface area contributed by atoms with Gasteiger partial charge in [-0.2, -0.15) is 15.8 Å². The van der Waals surface area contributed by atoms with E-state index in [2.05, 4.69) is 18.2 Å². The molecule has 1 N–H and O–H groups in total. The minimum atomic E-state index is -1.81. The Balaban J connectivity index is 2.01. The van der Waals surface area contributed by atoms with E-state index < -0.39 is 28.6 Å². The molecule has 4 atom stereocenters. The molecule has 4 unspecified atom stereocenters. The van der Waals surface area contributed by atoms with Crippen LogP contribution in [0.15, 0.2) is 17.5 Å². The van der Waals surface area contributed by atoms with Gasteiger partial charge in [-0.05, 0) is 24.3 Å². The summed E-state index contributed by atoms with van der Waals surface area (Å²) < 4.78 is 12.2. The summed E-state index contributed by atoms with van der Waals surface area (Å²) in [6, 6.07) is 9.99. The van der Waals surface area contributed by atoms with Gasteiger partial charge < -0.3 is 9.47 Å².